The first kappa shape index (κ1) is 52.4. The molecule has 0 bridgehead atoms. The van der Waals surface area contributed by atoms with Gasteiger partial charge in [0.2, 0.25) is 0 Å². The molecular formula is C92H54O2. The van der Waals surface area contributed by atoms with Crippen molar-refractivity contribution in [3.05, 3.63) is 328 Å². The van der Waals surface area contributed by atoms with E-state index in [1.807, 2.05) is 0 Å². The molecule has 0 radical (unpaired) electrons. The molecule has 0 atom stereocenters. The van der Waals surface area contributed by atoms with Crippen molar-refractivity contribution < 1.29 is 8.83 Å². The average molecular weight is 1190 g/mol. The zero-order valence-corrected chi connectivity index (χ0v) is 51.0. The van der Waals surface area contributed by atoms with Gasteiger partial charge in [0.25, 0.3) is 0 Å². The third-order valence-corrected chi connectivity index (χ3v) is 20.2. The van der Waals surface area contributed by atoms with Crippen molar-refractivity contribution in [2.24, 2.45) is 0 Å². The molecule has 0 aliphatic heterocycles. The maximum Gasteiger partial charge on any atom is 0.143 e. The fourth-order valence-electron chi connectivity index (χ4n) is 16.2. The summed E-state index contributed by atoms with van der Waals surface area (Å²) in [7, 11) is 0. The van der Waals surface area contributed by atoms with E-state index in [0.717, 1.165) is 71.7 Å². The Balaban J connectivity index is 0.725. The highest BCUT2D eigenvalue weighted by Crippen LogP contribution is 2.52. The lowest BCUT2D eigenvalue weighted by atomic mass is 9.83. The van der Waals surface area contributed by atoms with E-state index in [9.17, 15) is 0 Å². The summed E-state index contributed by atoms with van der Waals surface area (Å²) in [4.78, 5) is 0. The molecule has 2 aromatic heterocycles. The maximum atomic E-state index is 7.16. The second kappa shape index (κ2) is 20.6. The highest BCUT2D eigenvalue weighted by molar-refractivity contribution is 6.29. The van der Waals surface area contributed by atoms with Crippen molar-refractivity contribution in [2.45, 2.75) is 0 Å². The van der Waals surface area contributed by atoms with E-state index in [1.54, 1.807) is 0 Å². The Hall–Kier alpha value is -12.4. The summed E-state index contributed by atoms with van der Waals surface area (Å²) >= 11 is 0. The lowest BCUT2D eigenvalue weighted by molar-refractivity contribution is 0.670. The Kier molecular flexibility index (Phi) is 11.5. The van der Waals surface area contributed by atoms with Gasteiger partial charge in [-0.1, -0.05) is 297 Å². The second-order valence-electron chi connectivity index (χ2n) is 25.1. The number of hydrogen-bond acceptors (Lipinski definition) is 2. The first-order valence-electron chi connectivity index (χ1n) is 32.5. The molecule has 434 valence electrons. The van der Waals surface area contributed by atoms with Crippen LogP contribution in [0.2, 0.25) is 0 Å². The van der Waals surface area contributed by atoms with Crippen LogP contribution in [-0.2, 0) is 0 Å². The lowest BCUT2D eigenvalue weighted by Gasteiger charge is -2.19. The highest BCUT2D eigenvalue weighted by atomic mass is 16.3. The normalized spacial score (nSPS) is 12.0. The molecule has 94 heavy (non-hydrogen) atoms. The summed E-state index contributed by atoms with van der Waals surface area (Å²) in [6.45, 7) is 0. The second-order valence-corrected chi connectivity index (χ2v) is 25.1. The summed E-state index contributed by atoms with van der Waals surface area (Å²) in [6.07, 6.45) is 0. The third kappa shape index (κ3) is 7.78. The van der Waals surface area contributed by atoms with Crippen molar-refractivity contribution in [2.75, 3.05) is 0 Å². The molecule has 0 unspecified atom stereocenters. The molecule has 0 aliphatic rings. The Morgan fingerprint density at radius 3 is 1.15 bits per heavy atom. The molecule has 20 aromatic rings. The minimum atomic E-state index is 0.869. The number of hydrogen-bond donors (Lipinski definition) is 0. The van der Waals surface area contributed by atoms with E-state index in [-0.39, 0.29) is 0 Å². The predicted molar refractivity (Wildman–Crippen MR) is 399 cm³/mol. The van der Waals surface area contributed by atoms with E-state index in [0.29, 0.717) is 0 Å². The quantitative estimate of drug-likeness (QED) is 0.149. The van der Waals surface area contributed by atoms with E-state index < -0.39 is 0 Å². The molecule has 0 spiro atoms. The predicted octanol–water partition coefficient (Wildman–Crippen LogP) is 26.4. The van der Waals surface area contributed by atoms with Crippen LogP contribution in [0.1, 0.15) is 0 Å². The first-order chi connectivity index (χ1) is 46.7. The van der Waals surface area contributed by atoms with Crippen LogP contribution in [0.5, 0.6) is 0 Å². The van der Waals surface area contributed by atoms with Crippen LogP contribution in [0.15, 0.2) is 336 Å². The molecule has 2 nitrogen and oxygen atoms in total. The molecular weight excluding hydrogens is 1140 g/mol. The van der Waals surface area contributed by atoms with Crippen molar-refractivity contribution in [3.8, 4) is 77.9 Å². The fourth-order valence-corrected chi connectivity index (χ4v) is 16.2. The maximum absolute atomic E-state index is 7.16. The van der Waals surface area contributed by atoms with E-state index >= 15 is 0 Å². The molecule has 0 aliphatic carbocycles. The summed E-state index contributed by atoms with van der Waals surface area (Å²) in [6, 6.07) is 120. The highest BCUT2D eigenvalue weighted by Gasteiger charge is 2.26. The molecule has 0 amide bonds. The van der Waals surface area contributed by atoms with Crippen LogP contribution >= 0.6 is 0 Å². The van der Waals surface area contributed by atoms with Crippen molar-refractivity contribution in [1.29, 1.82) is 0 Å². The summed E-state index contributed by atoms with van der Waals surface area (Å²) < 4.78 is 14.1. The van der Waals surface area contributed by atoms with E-state index in [4.69, 9.17) is 8.83 Å². The van der Waals surface area contributed by atoms with Gasteiger partial charge < -0.3 is 8.83 Å². The lowest BCUT2D eigenvalue weighted by Crippen LogP contribution is -1.93. The van der Waals surface area contributed by atoms with Gasteiger partial charge in [0.15, 0.2) is 0 Å². The average Bonchev–Trinajstić information content (AvgIpc) is 1.22. The molecule has 0 saturated heterocycles. The van der Waals surface area contributed by atoms with Crippen LogP contribution in [0.4, 0.5) is 0 Å². The Morgan fingerprint density at radius 2 is 0.511 bits per heavy atom. The van der Waals surface area contributed by atoms with Crippen LogP contribution < -0.4 is 0 Å². The van der Waals surface area contributed by atoms with Gasteiger partial charge in [-0.25, -0.2) is 0 Å². The molecule has 0 N–H and O–H groups in total. The molecule has 2 heteroatoms. The Morgan fingerprint density at radius 1 is 0.160 bits per heavy atom. The van der Waals surface area contributed by atoms with Crippen LogP contribution in [0.25, 0.3) is 208 Å². The Labute approximate surface area is 541 Å². The van der Waals surface area contributed by atoms with Gasteiger partial charge in [-0.2, -0.15) is 0 Å². The van der Waals surface area contributed by atoms with Crippen LogP contribution in [0, 0.1) is 0 Å². The minimum Gasteiger partial charge on any atom is -0.455 e. The zero-order chi connectivity index (χ0) is 61.5. The number of rotatable bonds is 7. The monoisotopic (exact) mass is 1190 g/mol. The Bertz CT molecular complexity index is 6490. The summed E-state index contributed by atoms with van der Waals surface area (Å²) in [5, 5.41) is 23.7. The fraction of sp³-hybridized carbons (Fsp3) is 0. The third-order valence-electron chi connectivity index (χ3n) is 20.2. The molecule has 0 fully saturated rings. The number of furan rings is 2. The van der Waals surface area contributed by atoms with Crippen molar-refractivity contribution in [3.63, 3.8) is 0 Å². The summed E-state index contributed by atoms with van der Waals surface area (Å²) in [5.41, 5.74) is 19.9. The number of para-hydroxylation sites is 2. The molecule has 0 saturated carbocycles. The first-order valence-corrected chi connectivity index (χ1v) is 32.5. The van der Waals surface area contributed by atoms with E-state index in [2.05, 4.69) is 328 Å². The topological polar surface area (TPSA) is 26.3 Å². The zero-order valence-electron chi connectivity index (χ0n) is 51.0. The SMILES string of the molecule is c1ccc2cc(-c3c4ccccc4c(-c4ccc(-c5ccc(-c6cccc7cc(-c8c9ccccc9c(-c9cccc%10oc%11c(-c%12cccc%13ccccc%12%13)cccc%11c9%10)c9ccccc89)ccc67)c6ccccc56)c5oc6ccccc6c45)c4ccccc34)ccc2c1. The number of benzene rings is 18. The van der Waals surface area contributed by atoms with Gasteiger partial charge in [0.05, 0.1) is 0 Å². The van der Waals surface area contributed by atoms with Crippen LogP contribution in [0.3, 0.4) is 0 Å². The molecule has 18 aromatic carbocycles. The van der Waals surface area contributed by atoms with Crippen molar-refractivity contribution >= 4 is 130 Å². The molecule has 20 rings (SSSR count). The standard InChI is InChI=1S/C92H54O2/c1-2-23-57-53-59(46-45-55(57)21-1)85-71-31-9-13-35-75(71)88(76-36-14-10-32-72(76)85)81-52-51-78(92-90(81)79-37-15-16-43-83(79)93-92)68-50-49-67(65-27-5-6-28-66(65)68)63-38-18-25-58-54-60(47-48-62(58)63)86-69-29-7-11-33-73(69)87(74-34-12-8-30-70(74)86)80-41-20-44-84-89(80)82-42-19-40-77(91(82)94-84)64-39-17-24-56-22-3-4-26-61(56)64/h1-54H. The minimum absolute atomic E-state index is 0.869. The van der Waals surface area contributed by atoms with E-state index in [1.165, 1.54) is 136 Å². The van der Waals surface area contributed by atoms with Gasteiger partial charge in [-0.3, -0.25) is 0 Å². The van der Waals surface area contributed by atoms with Gasteiger partial charge >= 0.3 is 0 Å². The molecule has 2 heterocycles. The summed E-state index contributed by atoms with van der Waals surface area (Å²) in [5.74, 6) is 0. The number of fused-ring (bicyclic) bond motifs is 14. The van der Waals surface area contributed by atoms with Gasteiger partial charge in [-0.15, -0.1) is 0 Å². The van der Waals surface area contributed by atoms with Gasteiger partial charge in [-0.05, 0) is 183 Å². The largest absolute Gasteiger partial charge is 0.455 e. The van der Waals surface area contributed by atoms with Crippen LogP contribution in [-0.4, -0.2) is 0 Å². The smallest absolute Gasteiger partial charge is 0.143 e. The van der Waals surface area contributed by atoms with Crippen molar-refractivity contribution in [1.82, 2.24) is 0 Å². The van der Waals surface area contributed by atoms with Gasteiger partial charge in [0, 0.05) is 32.7 Å². The van der Waals surface area contributed by atoms with Gasteiger partial charge in [0.1, 0.15) is 22.3 Å².